The molecule has 2 aromatic rings. The number of alkyl halides is 3. The molecule has 0 heterocycles. The number of hydrazine groups is 1. The molecule has 0 fully saturated rings. The molecule has 0 aliphatic carbocycles. The van der Waals surface area contributed by atoms with E-state index in [1.54, 1.807) is 0 Å². The molecule has 0 spiro atoms. The average Bonchev–Trinajstić information content (AvgIpc) is 2.64. The van der Waals surface area contributed by atoms with E-state index in [0.717, 1.165) is 30.3 Å². The molecular weight excluding hydrogens is 368 g/mol. The summed E-state index contributed by atoms with van der Waals surface area (Å²) in [5.41, 5.74) is 4.29. The molecule has 0 aliphatic heterocycles. The van der Waals surface area contributed by atoms with Gasteiger partial charge >= 0.3 is 12.1 Å². The average molecular weight is 384 g/mol. The van der Waals surface area contributed by atoms with Gasteiger partial charge in [-0.1, -0.05) is 12.1 Å². The third-order valence-corrected chi connectivity index (χ3v) is 3.49. The maximum absolute atomic E-state index is 14.1. The van der Waals surface area contributed by atoms with E-state index in [-0.39, 0.29) is 22.7 Å². The lowest BCUT2D eigenvalue weighted by molar-refractivity contribution is -0.137. The Labute approximate surface area is 152 Å². The van der Waals surface area contributed by atoms with Crippen molar-refractivity contribution in [1.82, 2.24) is 0 Å². The van der Waals surface area contributed by atoms with Crippen molar-refractivity contribution in [3.8, 4) is 5.75 Å². The number of halogens is 4. The Kier molecular flexibility index (Phi) is 6.27. The second-order valence-corrected chi connectivity index (χ2v) is 5.22. The molecule has 0 amide bonds. The summed E-state index contributed by atoms with van der Waals surface area (Å²) in [6.07, 6.45) is -2.15. The lowest BCUT2D eigenvalue weighted by Crippen LogP contribution is -2.14. The van der Waals surface area contributed by atoms with Gasteiger partial charge in [0.1, 0.15) is 11.6 Å². The summed E-state index contributed by atoms with van der Waals surface area (Å²) < 4.78 is 62.3. The summed E-state index contributed by atoms with van der Waals surface area (Å²) in [7, 11) is 2.49. The third kappa shape index (κ3) is 5.13. The SMILES string of the molecule is COC(=O)C=Cc1cccc(F)c1NNc1cc(C(F)(F)F)ccc1OC. The van der Waals surface area contributed by atoms with Crippen molar-refractivity contribution in [3.05, 3.63) is 59.4 Å². The fourth-order valence-corrected chi connectivity index (χ4v) is 2.15. The van der Waals surface area contributed by atoms with E-state index >= 15 is 0 Å². The second kappa shape index (κ2) is 8.43. The highest BCUT2D eigenvalue weighted by Gasteiger charge is 2.31. The van der Waals surface area contributed by atoms with Crippen LogP contribution >= 0.6 is 0 Å². The molecule has 0 aliphatic rings. The monoisotopic (exact) mass is 384 g/mol. The van der Waals surface area contributed by atoms with Gasteiger partial charge in [0.2, 0.25) is 0 Å². The molecule has 5 nitrogen and oxygen atoms in total. The summed E-state index contributed by atoms with van der Waals surface area (Å²) in [6.45, 7) is 0. The van der Waals surface area contributed by atoms with Gasteiger partial charge < -0.3 is 9.47 Å². The van der Waals surface area contributed by atoms with Gasteiger partial charge in [-0.3, -0.25) is 10.9 Å². The van der Waals surface area contributed by atoms with Crippen LogP contribution in [0.15, 0.2) is 42.5 Å². The number of methoxy groups -OCH3 is 2. The molecule has 0 atom stereocenters. The molecule has 2 aromatic carbocycles. The molecule has 0 saturated carbocycles. The van der Waals surface area contributed by atoms with Crippen LogP contribution in [-0.2, 0) is 15.7 Å². The van der Waals surface area contributed by atoms with Crippen LogP contribution in [0, 0.1) is 5.82 Å². The minimum atomic E-state index is -4.55. The zero-order valence-electron chi connectivity index (χ0n) is 14.4. The van der Waals surface area contributed by atoms with E-state index in [2.05, 4.69) is 15.6 Å². The summed E-state index contributed by atoms with van der Waals surface area (Å²) in [5, 5.41) is 0. The Balaban J connectivity index is 2.31. The molecule has 9 heteroatoms. The van der Waals surface area contributed by atoms with Crippen LogP contribution in [-0.4, -0.2) is 20.2 Å². The number of esters is 1. The molecule has 2 N–H and O–H groups in total. The first kappa shape index (κ1) is 20.1. The highest BCUT2D eigenvalue weighted by Crippen LogP contribution is 2.35. The minimum absolute atomic E-state index is 0.0431. The number of benzene rings is 2. The smallest absolute Gasteiger partial charge is 0.416 e. The number of carbonyl (C=O) groups is 1. The lowest BCUT2D eigenvalue weighted by atomic mass is 10.1. The van der Waals surface area contributed by atoms with Crippen molar-refractivity contribution in [3.63, 3.8) is 0 Å². The molecular formula is C18H16F4N2O3. The van der Waals surface area contributed by atoms with Crippen molar-refractivity contribution < 1.29 is 31.8 Å². The summed E-state index contributed by atoms with van der Waals surface area (Å²) >= 11 is 0. The van der Waals surface area contributed by atoms with E-state index in [0.29, 0.717) is 0 Å². The number of hydrogen-bond acceptors (Lipinski definition) is 5. The predicted molar refractivity (Wildman–Crippen MR) is 92.7 cm³/mol. The first-order valence-electron chi connectivity index (χ1n) is 7.58. The van der Waals surface area contributed by atoms with Crippen molar-refractivity contribution in [2.75, 3.05) is 25.1 Å². The Hall–Kier alpha value is -3.23. The van der Waals surface area contributed by atoms with Gasteiger partial charge in [0.15, 0.2) is 0 Å². The quantitative estimate of drug-likeness (QED) is 0.333. The molecule has 2 rings (SSSR count). The van der Waals surface area contributed by atoms with Gasteiger partial charge in [-0.15, -0.1) is 0 Å². The molecule has 27 heavy (non-hydrogen) atoms. The molecule has 0 saturated heterocycles. The third-order valence-electron chi connectivity index (χ3n) is 3.49. The summed E-state index contributed by atoms with van der Waals surface area (Å²) in [6, 6.07) is 6.93. The first-order valence-corrected chi connectivity index (χ1v) is 7.58. The zero-order valence-corrected chi connectivity index (χ0v) is 14.4. The highest BCUT2D eigenvalue weighted by molar-refractivity contribution is 5.88. The van der Waals surface area contributed by atoms with Crippen molar-refractivity contribution in [2.45, 2.75) is 6.18 Å². The normalized spacial score (nSPS) is 11.3. The largest absolute Gasteiger partial charge is 0.495 e. The number of hydrogen-bond donors (Lipinski definition) is 2. The van der Waals surface area contributed by atoms with Gasteiger partial charge in [0, 0.05) is 11.6 Å². The number of rotatable bonds is 6. The fourth-order valence-electron chi connectivity index (χ4n) is 2.15. The Morgan fingerprint density at radius 2 is 1.85 bits per heavy atom. The van der Waals surface area contributed by atoms with Gasteiger partial charge in [0.05, 0.1) is 31.2 Å². The van der Waals surface area contributed by atoms with Crippen LogP contribution < -0.4 is 15.6 Å². The van der Waals surface area contributed by atoms with Crippen molar-refractivity contribution in [1.29, 1.82) is 0 Å². The van der Waals surface area contributed by atoms with Crippen LogP contribution in [0.2, 0.25) is 0 Å². The highest BCUT2D eigenvalue weighted by atomic mass is 19.4. The number of ether oxygens (including phenoxy) is 2. The topological polar surface area (TPSA) is 59.6 Å². The molecule has 0 bridgehead atoms. The van der Waals surface area contributed by atoms with E-state index < -0.39 is 23.5 Å². The Morgan fingerprint density at radius 1 is 1.11 bits per heavy atom. The van der Waals surface area contributed by atoms with Crippen LogP contribution in [0.5, 0.6) is 5.75 Å². The van der Waals surface area contributed by atoms with E-state index in [1.807, 2.05) is 0 Å². The van der Waals surface area contributed by atoms with Gasteiger partial charge in [-0.2, -0.15) is 13.2 Å². The number of nitrogens with one attached hydrogen (secondary N) is 2. The Morgan fingerprint density at radius 3 is 2.48 bits per heavy atom. The fraction of sp³-hybridized carbons (Fsp3) is 0.167. The number of anilines is 2. The predicted octanol–water partition coefficient (Wildman–Crippen LogP) is 4.48. The maximum Gasteiger partial charge on any atom is 0.416 e. The van der Waals surface area contributed by atoms with Gasteiger partial charge in [0.25, 0.3) is 0 Å². The minimum Gasteiger partial charge on any atom is -0.495 e. The number of carbonyl (C=O) groups excluding carboxylic acids is 1. The zero-order chi connectivity index (χ0) is 20.0. The van der Waals surface area contributed by atoms with Crippen LogP contribution in [0.4, 0.5) is 28.9 Å². The first-order chi connectivity index (χ1) is 12.8. The molecule has 0 aromatic heterocycles. The van der Waals surface area contributed by atoms with Crippen LogP contribution in [0.25, 0.3) is 6.08 Å². The lowest BCUT2D eigenvalue weighted by Gasteiger charge is -2.17. The van der Waals surface area contributed by atoms with E-state index in [1.165, 1.54) is 32.4 Å². The van der Waals surface area contributed by atoms with Gasteiger partial charge in [-0.05, 0) is 30.3 Å². The maximum atomic E-state index is 14.1. The second-order valence-electron chi connectivity index (χ2n) is 5.22. The standard InChI is InChI=1S/C18H16F4N2O3/c1-26-15-8-7-12(18(20,21)22)10-14(15)23-24-17-11(4-3-5-13(17)19)6-9-16(25)27-2/h3-10,23-24H,1-2H3. The summed E-state index contributed by atoms with van der Waals surface area (Å²) in [4.78, 5) is 11.2. The van der Waals surface area contributed by atoms with E-state index in [9.17, 15) is 22.4 Å². The van der Waals surface area contributed by atoms with Crippen molar-refractivity contribution >= 4 is 23.4 Å². The van der Waals surface area contributed by atoms with Gasteiger partial charge in [-0.25, -0.2) is 9.18 Å². The molecule has 144 valence electrons. The van der Waals surface area contributed by atoms with E-state index in [4.69, 9.17) is 4.74 Å². The van der Waals surface area contributed by atoms with Crippen LogP contribution in [0.3, 0.4) is 0 Å². The number of para-hydroxylation sites is 1. The van der Waals surface area contributed by atoms with Crippen molar-refractivity contribution in [2.24, 2.45) is 0 Å². The summed E-state index contributed by atoms with van der Waals surface area (Å²) in [5.74, 6) is -1.20. The Bertz CT molecular complexity index is 851. The molecule has 0 radical (unpaired) electrons. The molecule has 0 unspecified atom stereocenters. The van der Waals surface area contributed by atoms with Crippen LogP contribution in [0.1, 0.15) is 11.1 Å².